The first-order valence-electron chi connectivity index (χ1n) is 8.39. The highest BCUT2D eigenvalue weighted by molar-refractivity contribution is 5.75. The van der Waals surface area contributed by atoms with Crippen molar-refractivity contribution >= 4 is 5.97 Å². The molecule has 2 unspecified atom stereocenters. The Hall–Kier alpha value is -0.650. The molecule has 0 saturated heterocycles. The van der Waals surface area contributed by atoms with Gasteiger partial charge in [-0.1, -0.05) is 34.6 Å². The van der Waals surface area contributed by atoms with Crippen LogP contribution in [0, 0.1) is 17.8 Å². The molecule has 0 saturated carbocycles. The van der Waals surface area contributed by atoms with Crippen LogP contribution in [0.1, 0.15) is 60.8 Å². The topological polar surface area (TPSA) is 81.8 Å². The van der Waals surface area contributed by atoms with E-state index in [1.165, 1.54) is 0 Å². The SMILES string of the molecule is CC(C)CC(C)C(O)OCC[C@@H](C)OC(=O)[C@@H](N)CC(C)C. The fraction of sp³-hybridized carbons (Fsp3) is 0.941. The third-order valence-electron chi connectivity index (χ3n) is 3.49. The molecule has 0 rings (SSSR count). The summed E-state index contributed by atoms with van der Waals surface area (Å²) in [6.45, 7) is 12.4. The summed E-state index contributed by atoms with van der Waals surface area (Å²) >= 11 is 0. The number of hydrogen-bond acceptors (Lipinski definition) is 5. The van der Waals surface area contributed by atoms with Crippen molar-refractivity contribution in [3.8, 4) is 0 Å². The van der Waals surface area contributed by atoms with E-state index in [0.717, 1.165) is 6.42 Å². The molecule has 5 nitrogen and oxygen atoms in total. The summed E-state index contributed by atoms with van der Waals surface area (Å²) in [6.07, 6.45) is 1.04. The van der Waals surface area contributed by atoms with Crippen LogP contribution in [0.3, 0.4) is 0 Å². The highest BCUT2D eigenvalue weighted by atomic mass is 16.6. The number of rotatable bonds is 11. The molecule has 0 aliphatic heterocycles. The van der Waals surface area contributed by atoms with Gasteiger partial charge in [0.1, 0.15) is 12.1 Å². The van der Waals surface area contributed by atoms with Crippen molar-refractivity contribution in [3.63, 3.8) is 0 Å². The highest BCUT2D eigenvalue weighted by Gasteiger charge is 2.20. The van der Waals surface area contributed by atoms with Gasteiger partial charge in [-0.2, -0.15) is 0 Å². The number of hydrogen-bond donors (Lipinski definition) is 2. The van der Waals surface area contributed by atoms with Gasteiger partial charge in [0.25, 0.3) is 0 Å². The molecule has 0 heterocycles. The number of carbonyl (C=O) groups excluding carboxylic acids is 1. The van der Waals surface area contributed by atoms with Gasteiger partial charge in [0.2, 0.25) is 0 Å². The first kappa shape index (κ1) is 21.4. The second-order valence-electron chi connectivity index (χ2n) is 7.14. The van der Waals surface area contributed by atoms with E-state index in [1.54, 1.807) is 0 Å². The number of esters is 1. The fourth-order valence-corrected chi connectivity index (χ4v) is 2.33. The van der Waals surface area contributed by atoms with Gasteiger partial charge in [0.15, 0.2) is 6.29 Å². The molecule has 132 valence electrons. The minimum absolute atomic E-state index is 0.0947. The Labute approximate surface area is 135 Å². The van der Waals surface area contributed by atoms with Crippen LogP contribution in [0.25, 0.3) is 0 Å². The van der Waals surface area contributed by atoms with E-state index in [9.17, 15) is 9.90 Å². The van der Waals surface area contributed by atoms with Gasteiger partial charge < -0.3 is 20.3 Å². The number of ether oxygens (including phenoxy) is 2. The molecular formula is C17H35NO4. The lowest BCUT2D eigenvalue weighted by atomic mass is 9.98. The third-order valence-corrected chi connectivity index (χ3v) is 3.49. The Balaban J connectivity index is 3.94. The largest absolute Gasteiger partial charge is 0.461 e. The van der Waals surface area contributed by atoms with Crippen LogP contribution in [0.2, 0.25) is 0 Å². The van der Waals surface area contributed by atoms with E-state index in [-0.39, 0.29) is 18.0 Å². The molecule has 0 aromatic heterocycles. The van der Waals surface area contributed by atoms with Gasteiger partial charge in [-0.15, -0.1) is 0 Å². The normalized spacial score (nSPS) is 17.4. The lowest BCUT2D eigenvalue weighted by Crippen LogP contribution is -2.35. The molecule has 22 heavy (non-hydrogen) atoms. The molecule has 0 aromatic carbocycles. The minimum Gasteiger partial charge on any atom is -0.461 e. The van der Waals surface area contributed by atoms with E-state index in [1.807, 2.05) is 27.7 Å². The Morgan fingerprint density at radius 3 is 2.09 bits per heavy atom. The maximum absolute atomic E-state index is 11.8. The quantitative estimate of drug-likeness (QED) is 0.452. The van der Waals surface area contributed by atoms with E-state index in [4.69, 9.17) is 15.2 Å². The maximum atomic E-state index is 11.8. The molecule has 5 heteroatoms. The summed E-state index contributed by atoms with van der Waals surface area (Å²) in [5.74, 6) is 0.613. The Kier molecular flexibility index (Phi) is 10.6. The van der Waals surface area contributed by atoms with Crippen molar-refractivity contribution in [2.24, 2.45) is 23.5 Å². The predicted octanol–water partition coefficient (Wildman–Crippen LogP) is 2.70. The van der Waals surface area contributed by atoms with Crippen molar-refractivity contribution in [3.05, 3.63) is 0 Å². The van der Waals surface area contributed by atoms with Gasteiger partial charge in [-0.05, 0) is 31.6 Å². The summed E-state index contributed by atoms with van der Waals surface area (Å²) in [5, 5.41) is 9.90. The van der Waals surface area contributed by atoms with E-state index in [2.05, 4.69) is 13.8 Å². The van der Waals surface area contributed by atoms with Gasteiger partial charge >= 0.3 is 5.97 Å². The second kappa shape index (κ2) is 11.0. The fourth-order valence-electron chi connectivity index (χ4n) is 2.33. The van der Waals surface area contributed by atoms with Crippen molar-refractivity contribution < 1.29 is 19.4 Å². The average molecular weight is 317 g/mol. The first-order chi connectivity index (χ1) is 10.1. The van der Waals surface area contributed by atoms with Crippen molar-refractivity contribution in [2.45, 2.75) is 79.2 Å². The summed E-state index contributed by atoms with van der Waals surface area (Å²) in [5.41, 5.74) is 5.78. The van der Waals surface area contributed by atoms with E-state index < -0.39 is 12.3 Å². The number of carbonyl (C=O) groups is 1. The van der Waals surface area contributed by atoms with Gasteiger partial charge in [-0.3, -0.25) is 4.79 Å². The van der Waals surface area contributed by atoms with Crippen LogP contribution in [-0.2, 0) is 14.3 Å². The molecule has 3 N–H and O–H groups in total. The van der Waals surface area contributed by atoms with Crippen molar-refractivity contribution in [1.82, 2.24) is 0 Å². The molecular weight excluding hydrogens is 282 g/mol. The summed E-state index contributed by atoms with van der Waals surface area (Å²) in [7, 11) is 0. The number of aliphatic hydroxyl groups excluding tert-OH is 1. The molecule has 0 fully saturated rings. The predicted molar refractivity (Wildman–Crippen MR) is 88.2 cm³/mol. The summed E-state index contributed by atoms with van der Waals surface area (Å²) < 4.78 is 10.7. The first-order valence-corrected chi connectivity index (χ1v) is 8.39. The zero-order valence-corrected chi connectivity index (χ0v) is 15.0. The Morgan fingerprint density at radius 2 is 1.59 bits per heavy atom. The molecule has 0 radical (unpaired) electrons. The number of nitrogens with two attached hydrogens (primary N) is 1. The molecule has 0 spiro atoms. The van der Waals surface area contributed by atoms with Crippen LogP contribution in [0.5, 0.6) is 0 Å². The molecule has 0 amide bonds. The van der Waals surface area contributed by atoms with Crippen LogP contribution >= 0.6 is 0 Å². The molecule has 0 aliphatic carbocycles. The van der Waals surface area contributed by atoms with Crippen LogP contribution < -0.4 is 5.73 Å². The second-order valence-corrected chi connectivity index (χ2v) is 7.14. The number of aliphatic hydroxyl groups is 1. The molecule has 0 aromatic rings. The van der Waals surface area contributed by atoms with Crippen molar-refractivity contribution in [2.75, 3.05) is 6.61 Å². The summed E-state index contributed by atoms with van der Waals surface area (Å²) in [4.78, 5) is 11.8. The standard InChI is InChI=1S/C17H35NO4/c1-11(2)9-13(5)16(19)21-8-7-14(6)22-17(20)15(18)10-12(3)4/h11-16,19H,7-10,18H2,1-6H3/t13?,14-,15+,16?/m1/s1. The molecule has 0 bridgehead atoms. The zero-order chi connectivity index (χ0) is 17.3. The maximum Gasteiger partial charge on any atom is 0.323 e. The zero-order valence-electron chi connectivity index (χ0n) is 15.0. The lowest BCUT2D eigenvalue weighted by Gasteiger charge is -2.22. The Bertz CT molecular complexity index is 307. The highest BCUT2D eigenvalue weighted by Crippen LogP contribution is 2.16. The van der Waals surface area contributed by atoms with Crippen LogP contribution in [0.15, 0.2) is 0 Å². The van der Waals surface area contributed by atoms with Gasteiger partial charge in [-0.25, -0.2) is 0 Å². The summed E-state index contributed by atoms with van der Waals surface area (Å²) in [6, 6.07) is -0.569. The third kappa shape index (κ3) is 10.1. The van der Waals surface area contributed by atoms with E-state index >= 15 is 0 Å². The minimum atomic E-state index is -0.770. The average Bonchev–Trinajstić information content (AvgIpc) is 2.36. The Morgan fingerprint density at radius 1 is 1.05 bits per heavy atom. The van der Waals surface area contributed by atoms with Crippen LogP contribution in [-0.4, -0.2) is 36.1 Å². The van der Waals surface area contributed by atoms with E-state index in [0.29, 0.717) is 31.3 Å². The van der Waals surface area contributed by atoms with Crippen LogP contribution in [0.4, 0.5) is 0 Å². The monoisotopic (exact) mass is 317 g/mol. The molecule has 0 aliphatic rings. The molecule has 4 atom stereocenters. The lowest BCUT2D eigenvalue weighted by molar-refractivity contribution is -0.155. The van der Waals surface area contributed by atoms with Gasteiger partial charge in [0, 0.05) is 12.3 Å². The smallest absolute Gasteiger partial charge is 0.323 e. The van der Waals surface area contributed by atoms with Gasteiger partial charge in [0.05, 0.1) is 6.61 Å². The van der Waals surface area contributed by atoms with Crippen molar-refractivity contribution in [1.29, 1.82) is 0 Å².